The first-order chi connectivity index (χ1) is 8.81. The number of likely N-dealkylation sites (N-methyl/N-ethyl adjacent to an activating group) is 1. The van der Waals surface area contributed by atoms with Crippen LogP contribution in [0.25, 0.3) is 0 Å². The second-order valence-electron chi connectivity index (χ2n) is 5.32. The molecule has 0 aliphatic heterocycles. The van der Waals surface area contributed by atoms with Crippen LogP contribution in [0.15, 0.2) is 12.1 Å². The van der Waals surface area contributed by atoms with Gasteiger partial charge >= 0.3 is 0 Å². The molecule has 1 aromatic rings. The quantitative estimate of drug-likeness (QED) is 0.854. The van der Waals surface area contributed by atoms with Crippen LogP contribution in [0.3, 0.4) is 0 Å². The molecule has 4 nitrogen and oxygen atoms in total. The number of nitrogens with one attached hydrogen (secondary N) is 2. The first kappa shape index (κ1) is 15.5. The van der Waals surface area contributed by atoms with Crippen LogP contribution in [-0.4, -0.2) is 25.6 Å². The van der Waals surface area contributed by atoms with E-state index in [1.54, 1.807) is 14.2 Å². The van der Waals surface area contributed by atoms with Crippen LogP contribution in [0.4, 0.5) is 0 Å². The molecule has 0 saturated heterocycles. The van der Waals surface area contributed by atoms with E-state index in [2.05, 4.69) is 16.7 Å². The molecule has 0 fully saturated rings. The molecule has 2 N–H and O–H groups in total. The third kappa shape index (κ3) is 3.70. The van der Waals surface area contributed by atoms with Crippen molar-refractivity contribution in [3.8, 4) is 5.75 Å². The number of aryl methyl sites for hydroxylation is 2. The monoisotopic (exact) mass is 264 g/mol. The van der Waals surface area contributed by atoms with Crippen LogP contribution in [-0.2, 0) is 11.3 Å². The summed E-state index contributed by atoms with van der Waals surface area (Å²) >= 11 is 0. The van der Waals surface area contributed by atoms with Crippen molar-refractivity contribution in [3.63, 3.8) is 0 Å². The Balaban J connectivity index is 2.87. The van der Waals surface area contributed by atoms with Crippen molar-refractivity contribution in [3.05, 3.63) is 28.8 Å². The minimum Gasteiger partial charge on any atom is -0.496 e. The van der Waals surface area contributed by atoms with Gasteiger partial charge in [-0.25, -0.2) is 0 Å². The zero-order valence-corrected chi connectivity index (χ0v) is 12.7. The smallest absolute Gasteiger partial charge is 0.239 e. The first-order valence-corrected chi connectivity index (χ1v) is 6.43. The predicted molar refractivity (Wildman–Crippen MR) is 77.5 cm³/mol. The number of hydrogen-bond donors (Lipinski definition) is 2. The lowest BCUT2D eigenvalue weighted by Gasteiger charge is -2.23. The fourth-order valence-corrected chi connectivity index (χ4v) is 1.87. The average molecular weight is 264 g/mol. The Bertz CT molecular complexity index is 467. The lowest BCUT2D eigenvalue weighted by Crippen LogP contribution is -2.50. The molecule has 0 aliphatic carbocycles. The van der Waals surface area contributed by atoms with E-state index < -0.39 is 5.54 Å². The zero-order valence-electron chi connectivity index (χ0n) is 12.7. The normalized spacial score (nSPS) is 11.3. The Morgan fingerprint density at radius 1 is 1.32 bits per heavy atom. The summed E-state index contributed by atoms with van der Waals surface area (Å²) in [4.78, 5) is 12.0. The number of methoxy groups -OCH3 is 1. The molecule has 0 heterocycles. The van der Waals surface area contributed by atoms with Crippen molar-refractivity contribution in [1.29, 1.82) is 0 Å². The van der Waals surface area contributed by atoms with Crippen LogP contribution >= 0.6 is 0 Å². The second-order valence-corrected chi connectivity index (χ2v) is 5.32. The molecule has 106 valence electrons. The summed E-state index contributed by atoms with van der Waals surface area (Å²) in [6.45, 7) is 8.23. The Morgan fingerprint density at radius 2 is 1.95 bits per heavy atom. The van der Waals surface area contributed by atoms with E-state index in [1.807, 2.05) is 33.8 Å². The average Bonchev–Trinajstić information content (AvgIpc) is 2.36. The van der Waals surface area contributed by atoms with Gasteiger partial charge in [0.05, 0.1) is 12.6 Å². The van der Waals surface area contributed by atoms with E-state index in [-0.39, 0.29) is 5.91 Å². The molecule has 0 bridgehead atoms. The fraction of sp³-hybridized carbons (Fsp3) is 0.533. The van der Waals surface area contributed by atoms with E-state index in [0.29, 0.717) is 6.54 Å². The molecule has 1 aromatic carbocycles. The largest absolute Gasteiger partial charge is 0.496 e. The van der Waals surface area contributed by atoms with Crippen molar-refractivity contribution in [2.45, 2.75) is 39.8 Å². The van der Waals surface area contributed by atoms with Crippen LogP contribution in [0.2, 0.25) is 0 Å². The molecule has 0 atom stereocenters. The SMILES string of the molecule is CNC(C)(C)C(=O)NCc1c(C)cc(C)cc1OC. The number of carbonyl (C=O) groups is 1. The van der Waals surface area contributed by atoms with Crippen LogP contribution < -0.4 is 15.4 Å². The highest BCUT2D eigenvalue weighted by Gasteiger charge is 2.25. The first-order valence-electron chi connectivity index (χ1n) is 6.43. The highest BCUT2D eigenvalue weighted by atomic mass is 16.5. The molecule has 1 rings (SSSR count). The van der Waals surface area contributed by atoms with Crippen molar-refractivity contribution in [2.24, 2.45) is 0 Å². The summed E-state index contributed by atoms with van der Waals surface area (Å²) in [5, 5.41) is 5.93. The Labute approximate surface area is 115 Å². The third-order valence-electron chi connectivity index (χ3n) is 3.41. The van der Waals surface area contributed by atoms with E-state index in [9.17, 15) is 4.79 Å². The lowest BCUT2D eigenvalue weighted by molar-refractivity contribution is -0.126. The molecule has 0 saturated carbocycles. The van der Waals surface area contributed by atoms with Crippen LogP contribution in [0.1, 0.15) is 30.5 Å². The van der Waals surface area contributed by atoms with Gasteiger partial charge in [-0.15, -0.1) is 0 Å². The summed E-state index contributed by atoms with van der Waals surface area (Å²) in [6, 6.07) is 4.07. The van der Waals surface area contributed by atoms with Gasteiger partial charge in [0.2, 0.25) is 5.91 Å². The number of carbonyl (C=O) groups excluding carboxylic acids is 1. The summed E-state index contributed by atoms with van der Waals surface area (Å²) < 4.78 is 5.38. The van der Waals surface area contributed by atoms with Gasteiger partial charge in [-0.3, -0.25) is 4.79 Å². The van der Waals surface area contributed by atoms with E-state index in [0.717, 1.165) is 22.4 Å². The van der Waals surface area contributed by atoms with E-state index in [4.69, 9.17) is 4.74 Å². The molecule has 0 aromatic heterocycles. The maximum atomic E-state index is 12.0. The standard InChI is InChI=1S/C15H24N2O2/c1-10-7-11(2)12(13(8-10)19-6)9-17-14(18)15(3,4)16-5/h7-8,16H,9H2,1-6H3,(H,17,18). The fourth-order valence-electron chi connectivity index (χ4n) is 1.87. The van der Waals surface area contributed by atoms with Crippen molar-refractivity contribution in [1.82, 2.24) is 10.6 Å². The van der Waals surface area contributed by atoms with Gasteiger partial charge in [-0.2, -0.15) is 0 Å². The molecular formula is C15H24N2O2. The predicted octanol–water partition coefficient (Wildman–Crippen LogP) is 1.93. The Hall–Kier alpha value is -1.55. The second kappa shape index (κ2) is 6.06. The maximum absolute atomic E-state index is 12.0. The zero-order chi connectivity index (χ0) is 14.6. The van der Waals surface area contributed by atoms with Crippen molar-refractivity contribution in [2.75, 3.05) is 14.2 Å². The summed E-state index contributed by atoms with van der Waals surface area (Å²) in [7, 11) is 3.42. The van der Waals surface area contributed by atoms with Gasteiger partial charge in [-0.05, 0) is 51.9 Å². The van der Waals surface area contributed by atoms with Gasteiger partial charge < -0.3 is 15.4 Å². The Kier molecular flexibility index (Phi) is 4.95. The molecule has 0 radical (unpaired) electrons. The molecule has 0 spiro atoms. The molecule has 19 heavy (non-hydrogen) atoms. The van der Waals surface area contributed by atoms with Crippen molar-refractivity contribution < 1.29 is 9.53 Å². The molecule has 4 heteroatoms. The maximum Gasteiger partial charge on any atom is 0.239 e. The molecule has 0 aliphatic rings. The van der Waals surface area contributed by atoms with Gasteiger partial charge in [0, 0.05) is 12.1 Å². The molecule has 1 amide bonds. The number of benzene rings is 1. The third-order valence-corrected chi connectivity index (χ3v) is 3.41. The minimum absolute atomic E-state index is 0.0305. The van der Waals surface area contributed by atoms with E-state index in [1.165, 1.54) is 0 Å². The number of amides is 1. The number of ether oxygens (including phenoxy) is 1. The summed E-state index contributed by atoms with van der Waals surface area (Å²) in [5.41, 5.74) is 2.72. The molecular weight excluding hydrogens is 240 g/mol. The van der Waals surface area contributed by atoms with Gasteiger partial charge in [-0.1, -0.05) is 6.07 Å². The van der Waals surface area contributed by atoms with E-state index >= 15 is 0 Å². The topological polar surface area (TPSA) is 50.4 Å². The van der Waals surface area contributed by atoms with Crippen molar-refractivity contribution >= 4 is 5.91 Å². The van der Waals surface area contributed by atoms with Gasteiger partial charge in [0.1, 0.15) is 5.75 Å². The van der Waals surface area contributed by atoms with Crippen LogP contribution in [0.5, 0.6) is 5.75 Å². The van der Waals surface area contributed by atoms with Gasteiger partial charge in [0.25, 0.3) is 0 Å². The Morgan fingerprint density at radius 3 is 2.47 bits per heavy atom. The number of rotatable bonds is 5. The highest BCUT2D eigenvalue weighted by molar-refractivity contribution is 5.85. The lowest BCUT2D eigenvalue weighted by atomic mass is 10.0. The summed E-state index contributed by atoms with van der Waals surface area (Å²) in [6.07, 6.45) is 0. The highest BCUT2D eigenvalue weighted by Crippen LogP contribution is 2.24. The number of hydrogen-bond acceptors (Lipinski definition) is 3. The minimum atomic E-state index is -0.578. The van der Waals surface area contributed by atoms with Crippen LogP contribution in [0, 0.1) is 13.8 Å². The molecule has 0 unspecified atom stereocenters. The summed E-state index contributed by atoms with van der Waals surface area (Å²) in [5.74, 6) is 0.789. The van der Waals surface area contributed by atoms with Gasteiger partial charge in [0.15, 0.2) is 0 Å².